The van der Waals surface area contributed by atoms with Gasteiger partial charge in [-0.25, -0.2) is 4.79 Å². The lowest BCUT2D eigenvalue weighted by Gasteiger charge is -2.14. The second-order valence-corrected chi connectivity index (χ2v) is 7.13. The number of carbonyl (C=O) groups is 1. The maximum atomic E-state index is 12.5. The van der Waals surface area contributed by atoms with Crippen molar-refractivity contribution in [3.63, 3.8) is 0 Å². The van der Waals surface area contributed by atoms with Crippen LogP contribution in [0.15, 0.2) is 52.2 Å². The number of aromatic amines is 1. The zero-order valence-corrected chi connectivity index (χ0v) is 16.5. The molecule has 27 heavy (non-hydrogen) atoms. The molecular weight excluding hydrogens is 384 g/mol. The lowest BCUT2D eigenvalue weighted by molar-refractivity contribution is 0.0525. The average molecular weight is 403 g/mol. The van der Waals surface area contributed by atoms with Gasteiger partial charge in [-0.1, -0.05) is 23.7 Å². The Hall–Kier alpha value is -2.44. The van der Waals surface area contributed by atoms with E-state index in [4.69, 9.17) is 16.3 Å². The molecule has 0 fully saturated rings. The third kappa shape index (κ3) is 4.28. The molecule has 0 unspecified atom stereocenters. The molecule has 0 aliphatic carbocycles. The summed E-state index contributed by atoms with van der Waals surface area (Å²) >= 11 is 7.80. The highest BCUT2D eigenvalue weighted by molar-refractivity contribution is 7.98. The Balaban J connectivity index is 2.06. The van der Waals surface area contributed by atoms with Gasteiger partial charge < -0.3 is 15.0 Å². The van der Waals surface area contributed by atoms with Gasteiger partial charge in [0.1, 0.15) is 5.56 Å². The summed E-state index contributed by atoms with van der Waals surface area (Å²) in [5.41, 5.74) is 1.50. The Morgan fingerprint density at radius 3 is 2.63 bits per heavy atom. The molecule has 0 saturated carbocycles. The molecule has 140 valence electrons. The lowest BCUT2D eigenvalue weighted by Crippen LogP contribution is -2.23. The van der Waals surface area contributed by atoms with Crippen LogP contribution >= 0.6 is 23.4 Å². The number of ether oxygens (including phenoxy) is 1. The number of hydrogen-bond donors (Lipinski definition) is 2. The van der Waals surface area contributed by atoms with Crippen molar-refractivity contribution in [1.29, 1.82) is 0 Å². The van der Waals surface area contributed by atoms with Crippen LogP contribution in [-0.2, 0) is 11.3 Å². The van der Waals surface area contributed by atoms with Crippen LogP contribution in [0.3, 0.4) is 0 Å². The van der Waals surface area contributed by atoms with Gasteiger partial charge in [0.25, 0.3) is 5.56 Å². The molecule has 0 atom stereocenters. The fourth-order valence-corrected chi connectivity index (χ4v) is 3.36. The molecule has 3 aromatic rings. The summed E-state index contributed by atoms with van der Waals surface area (Å²) in [7, 11) is 0. The molecule has 0 aliphatic rings. The summed E-state index contributed by atoms with van der Waals surface area (Å²) in [5.74, 6) is -0.666. The maximum absolute atomic E-state index is 12.5. The number of benzene rings is 2. The van der Waals surface area contributed by atoms with Crippen LogP contribution in [-0.4, -0.2) is 23.8 Å². The Morgan fingerprint density at radius 2 is 1.96 bits per heavy atom. The van der Waals surface area contributed by atoms with E-state index in [9.17, 15) is 9.59 Å². The van der Waals surface area contributed by atoms with Gasteiger partial charge in [-0.15, -0.1) is 11.8 Å². The first-order valence-corrected chi connectivity index (χ1v) is 10.0. The average Bonchev–Trinajstić information content (AvgIpc) is 2.66. The molecular formula is C20H19ClN2O3S. The molecule has 2 aromatic carbocycles. The number of anilines is 1. The van der Waals surface area contributed by atoms with Gasteiger partial charge in [0.05, 0.1) is 17.8 Å². The standard InChI is InChI=1S/C20H19ClN2O3S/c1-3-26-20(25)17-18(22-11-12-4-7-14(27-2)8-5-12)15-10-13(21)6-9-16(15)23-19(17)24/h4-10H,3,11H2,1-2H3,(H2,22,23,24). The predicted molar refractivity (Wildman–Crippen MR) is 111 cm³/mol. The van der Waals surface area contributed by atoms with Crippen LogP contribution in [0.25, 0.3) is 10.9 Å². The molecule has 0 spiro atoms. The van der Waals surface area contributed by atoms with E-state index in [-0.39, 0.29) is 12.2 Å². The molecule has 0 amide bonds. The second-order valence-electron chi connectivity index (χ2n) is 5.82. The number of fused-ring (bicyclic) bond motifs is 1. The van der Waals surface area contributed by atoms with Crippen LogP contribution in [0.4, 0.5) is 5.69 Å². The molecule has 3 rings (SSSR count). The molecule has 2 N–H and O–H groups in total. The molecule has 1 heterocycles. The van der Waals surface area contributed by atoms with E-state index in [1.807, 2.05) is 30.5 Å². The largest absolute Gasteiger partial charge is 0.462 e. The van der Waals surface area contributed by atoms with Crippen LogP contribution < -0.4 is 10.9 Å². The molecule has 0 radical (unpaired) electrons. The fraction of sp³-hybridized carbons (Fsp3) is 0.200. The number of thioether (sulfide) groups is 1. The normalized spacial score (nSPS) is 10.8. The van der Waals surface area contributed by atoms with Crippen molar-refractivity contribution in [3.05, 3.63) is 69.0 Å². The van der Waals surface area contributed by atoms with Gasteiger partial charge in [0.2, 0.25) is 0 Å². The van der Waals surface area contributed by atoms with Crippen molar-refractivity contribution >= 4 is 45.9 Å². The summed E-state index contributed by atoms with van der Waals surface area (Å²) in [4.78, 5) is 28.8. The first-order chi connectivity index (χ1) is 13.0. The van der Waals surface area contributed by atoms with E-state index in [0.29, 0.717) is 28.2 Å². The number of nitrogens with one attached hydrogen (secondary N) is 2. The maximum Gasteiger partial charge on any atom is 0.345 e. The second kappa shape index (κ2) is 8.50. The van der Waals surface area contributed by atoms with Crippen LogP contribution in [0.1, 0.15) is 22.8 Å². The summed E-state index contributed by atoms with van der Waals surface area (Å²) in [6.07, 6.45) is 2.02. The van der Waals surface area contributed by atoms with Crippen molar-refractivity contribution in [1.82, 2.24) is 4.98 Å². The number of rotatable bonds is 6. The number of pyridine rings is 1. The molecule has 5 nitrogen and oxygen atoms in total. The van der Waals surface area contributed by atoms with Crippen molar-refractivity contribution < 1.29 is 9.53 Å². The Labute approximate surface area is 166 Å². The minimum Gasteiger partial charge on any atom is -0.462 e. The Bertz CT molecular complexity index is 1030. The van der Waals surface area contributed by atoms with Crippen molar-refractivity contribution in [2.45, 2.75) is 18.4 Å². The minimum absolute atomic E-state index is 0.0487. The highest BCUT2D eigenvalue weighted by atomic mass is 35.5. The number of halogens is 1. The topological polar surface area (TPSA) is 71.2 Å². The van der Waals surface area contributed by atoms with E-state index >= 15 is 0 Å². The lowest BCUT2D eigenvalue weighted by atomic mass is 10.1. The van der Waals surface area contributed by atoms with Gasteiger partial charge >= 0.3 is 5.97 Å². The smallest absolute Gasteiger partial charge is 0.345 e. The quantitative estimate of drug-likeness (QED) is 0.462. The zero-order chi connectivity index (χ0) is 19.4. The molecule has 0 aliphatic heterocycles. The highest BCUT2D eigenvalue weighted by Crippen LogP contribution is 2.28. The summed E-state index contributed by atoms with van der Waals surface area (Å²) in [6, 6.07) is 13.2. The summed E-state index contributed by atoms with van der Waals surface area (Å²) in [5, 5.41) is 4.40. The van der Waals surface area contributed by atoms with Gasteiger partial charge in [-0.05, 0) is 49.1 Å². The highest BCUT2D eigenvalue weighted by Gasteiger charge is 2.20. The first kappa shape index (κ1) is 19.3. The van der Waals surface area contributed by atoms with E-state index in [2.05, 4.69) is 10.3 Å². The van der Waals surface area contributed by atoms with Crippen molar-refractivity contribution in [2.75, 3.05) is 18.2 Å². The number of H-pyrrole nitrogens is 1. The number of carbonyl (C=O) groups excluding carboxylic acids is 1. The first-order valence-electron chi connectivity index (χ1n) is 8.43. The Kier molecular flexibility index (Phi) is 6.08. The number of hydrogen-bond acceptors (Lipinski definition) is 5. The van der Waals surface area contributed by atoms with Crippen LogP contribution in [0.5, 0.6) is 0 Å². The van der Waals surface area contributed by atoms with Crippen LogP contribution in [0, 0.1) is 0 Å². The van der Waals surface area contributed by atoms with E-state index in [1.54, 1.807) is 36.9 Å². The fourth-order valence-electron chi connectivity index (χ4n) is 2.78. The third-order valence-corrected chi connectivity index (χ3v) is 5.06. The van der Waals surface area contributed by atoms with E-state index < -0.39 is 11.5 Å². The van der Waals surface area contributed by atoms with Gasteiger partial charge in [0, 0.05) is 21.8 Å². The van der Waals surface area contributed by atoms with Gasteiger partial charge in [0.15, 0.2) is 0 Å². The number of aromatic nitrogens is 1. The molecule has 0 saturated heterocycles. The zero-order valence-electron chi connectivity index (χ0n) is 15.0. The van der Waals surface area contributed by atoms with E-state index in [0.717, 1.165) is 5.56 Å². The third-order valence-electron chi connectivity index (χ3n) is 4.08. The van der Waals surface area contributed by atoms with Gasteiger partial charge in [-0.3, -0.25) is 4.79 Å². The van der Waals surface area contributed by atoms with Crippen molar-refractivity contribution in [3.8, 4) is 0 Å². The minimum atomic E-state index is -0.666. The predicted octanol–water partition coefficient (Wildman–Crippen LogP) is 4.69. The Morgan fingerprint density at radius 1 is 1.22 bits per heavy atom. The summed E-state index contributed by atoms with van der Waals surface area (Å²) < 4.78 is 5.08. The summed E-state index contributed by atoms with van der Waals surface area (Å²) in [6.45, 7) is 2.33. The monoisotopic (exact) mass is 402 g/mol. The van der Waals surface area contributed by atoms with Gasteiger partial charge in [-0.2, -0.15) is 0 Å². The van der Waals surface area contributed by atoms with Crippen LogP contribution in [0.2, 0.25) is 5.02 Å². The van der Waals surface area contributed by atoms with Crippen molar-refractivity contribution in [2.24, 2.45) is 0 Å². The number of esters is 1. The SMILES string of the molecule is CCOC(=O)c1c(NCc2ccc(SC)cc2)c2cc(Cl)ccc2[nH]c1=O. The molecule has 1 aromatic heterocycles. The molecule has 0 bridgehead atoms. The molecule has 7 heteroatoms. The van der Waals surface area contributed by atoms with E-state index in [1.165, 1.54) is 4.90 Å².